The first-order valence-electron chi connectivity index (χ1n) is 10.6. The highest BCUT2D eigenvalue weighted by Crippen LogP contribution is 2.32. The maximum Gasteiger partial charge on any atom is 0.251 e. The Hall–Kier alpha value is -3.60. The Bertz CT molecular complexity index is 1090. The van der Waals surface area contributed by atoms with Crippen LogP contribution in [0.4, 0.5) is 5.69 Å². The number of nitrogens with zero attached hydrogens (tertiary/aromatic N) is 1. The summed E-state index contributed by atoms with van der Waals surface area (Å²) in [4.78, 5) is 27.3. The zero-order chi connectivity index (χ0) is 21.8. The molecule has 2 amide bonds. The average Bonchev–Trinajstić information content (AvgIpc) is 2.78. The Kier molecular flexibility index (Phi) is 6.03. The van der Waals surface area contributed by atoms with Crippen LogP contribution in [0.2, 0.25) is 0 Å². The molecule has 1 heterocycles. The number of para-hydroxylation sites is 2. The summed E-state index contributed by atoms with van der Waals surface area (Å²) in [5.41, 5.74) is 3.63. The lowest BCUT2D eigenvalue weighted by Crippen LogP contribution is -2.49. The molecule has 1 N–H and O–H groups in total. The third-order valence-electron chi connectivity index (χ3n) is 5.59. The number of anilines is 1. The fourth-order valence-electron chi connectivity index (χ4n) is 3.84. The summed E-state index contributed by atoms with van der Waals surface area (Å²) in [6.07, 6.45) is 1.28. The van der Waals surface area contributed by atoms with E-state index in [4.69, 9.17) is 4.74 Å². The van der Waals surface area contributed by atoms with Crippen LogP contribution in [0.5, 0.6) is 11.5 Å². The molecule has 1 saturated heterocycles. The quantitative estimate of drug-likeness (QED) is 0.537. The van der Waals surface area contributed by atoms with Gasteiger partial charge in [-0.05, 0) is 54.3 Å². The van der Waals surface area contributed by atoms with Crippen molar-refractivity contribution >= 4 is 17.5 Å². The number of aryl methyl sites for hydroxylation is 2. The van der Waals surface area contributed by atoms with E-state index < -0.39 is 6.04 Å². The summed E-state index contributed by atoms with van der Waals surface area (Å²) in [6.45, 7) is 4.60. The van der Waals surface area contributed by atoms with Gasteiger partial charge in [0.2, 0.25) is 5.91 Å². The predicted octanol–water partition coefficient (Wildman–Crippen LogP) is 5.26. The summed E-state index contributed by atoms with van der Waals surface area (Å²) in [5, 5.41) is 3.09. The molecule has 1 fully saturated rings. The van der Waals surface area contributed by atoms with Gasteiger partial charge < -0.3 is 15.0 Å². The molecule has 4 rings (SSSR count). The molecular formula is C26H26N2O3. The molecule has 0 aromatic heterocycles. The van der Waals surface area contributed by atoms with E-state index in [1.165, 1.54) is 0 Å². The molecular weight excluding hydrogens is 388 g/mol. The number of rotatable bonds is 7. The van der Waals surface area contributed by atoms with Crippen LogP contribution in [-0.4, -0.2) is 23.3 Å². The van der Waals surface area contributed by atoms with Crippen LogP contribution in [0.25, 0.3) is 0 Å². The number of amides is 2. The Morgan fingerprint density at radius 3 is 2.45 bits per heavy atom. The average molecular weight is 415 g/mol. The smallest absolute Gasteiger partial charge is 0.251 e. The SMILES string of the molecule is CCc1cccc(C)c1NC(=O)[C@@H](c1cccc(Oc2ccccc2)c1)N1CCC1=O. The van der Waals surface area contributed by atoms with E-state index in [-0.39, 0.29) is 11.8 Å². The lowest BCUT2D eigenvalue weighted by atomic mass is 9.99. The topological polar surface area (TPSA) is 58.6 Å². The third kappa shape index (κ3) is 4.45. The number of ether oxygens (including phenoxy) is 1. The lowest BCUT2D eigenvalue weighted by Gasteiger charge is -2.37. The largest absolute Gasteiger partial charge is 0.457 e. The maximum absolute atomic E-state index is 13.4. The van der Waals surface area contributed by atoms with E-state index in [0.717, 1.165) is 28.8 Å². The molecule has 5 heteroatoms. The van der Waals surface area contributed by atoms with Gasteiger partial charge in [-0.2, -0.15) is 0 Å². The van der Waals surface area contributed by atoms with Crippen LogP contribution >= 0.6 is 0 Å². The van der Waals surface area contributed by atoms with Crippen molar-refractivity contribution in [2.24, 2.45) is 0 Å². The second-order valence-electron chi connectivity index (χ2n) is 7.68. The van der Waals surface area contributed by atoms with E-state index in [1.54, 1.807) is 4.90 Å². The number of likely N-dealkylation sites (tertiary alicyclic amines) is 1. The van der Waals surface area contributed by atoms with E-state index in [0.29, 0.717) is 24.5 Å². The Labute approximate surface area is 182 Å². The van der Waals surface area contributed by atoms with Crippen molar-refractivity contribution in [3.8, 4) is 11.5 Å². The second-order valence-corrected chi connectivity index (χ2v) is 7.68. The Balaban J connectivity index is 1.64. The molecule has 5 nitrogen and oxygen atoms in total. The molecule has 158 valence electrons. The van der Waals surface area contributed by atoms with Crippen molar-refractivity contribution in [3.05, 3.63) is 89.5 Å². The molecule has 3 aromatic carbocycles. The number of β-lactam (4-membered cyclic amide) rings is 1. The maximum atomic E-state index is 13.4. The van der Waals surface area contributed by atoms with Crippen LogP contribution < -0.4 is 10.1 Å². The number of hydrogen-bond donors (Lipinski definition) is 1. The van der Waals surface area contributed by atoms with E-state index in [9.17, 15) is 9.59 Å². The van der Waals surface area contributed by atoms with Gasteiger partial charge in [-0.15, -0.1) is 0 Å². The van der Waals surface area contributed by atoms with Crippen LogP contribution in [0.3, 0.4) is 0 Å². The van der Waals surface area contributed by atoms with Gasteiger partial charge in [-0.1, -0.05) is 55.5 Å². The summed E-state index contributed by atoms with van der Waals surface area (Å²) < 4.78 is 5.95. The molecule has 3 aromatic rings. The summed E-state index contributed by atoms with van der Waals surface area (Å²) in [7, 11) is 0. The molecule has 1 aliphatic heterocycles. The molecule has 1 atom stereocenters. The minimum absolute atomic E-state index is 0.0185. The minimum atomic E-state index is -0.704. The third-order valence-corrected chi connectivity index (χ3v) is 5.59. The van der Waals surface area contributed by atoms with Gasteiger partial charge in [0.1, 0.15) is 17.5 Å². The Morgan fingerprint density at radius 1 is 1.03 bits per heavy atom. The van der Waals surface area contributed by atoms with Crippen LogP contribution in [-0.2, 0) is 16.0 Å². The molecule has 0 aliphatic carbocycles. The first-order chi connectivity index (χ1) is 15.1. The number of carbonyl (C=O) groups excluding carboxylic acids is 2. The second kappa shape index (κ2) is 9.04. The highest BCUT2D eigenvalue weighted by molar-refractivity contribution is 6.00. The minimum Gasteiger partial charge on any atom is -0.457 e. The highest BCUT2D eigenvalue weighted by Gasteiger charge is 2.37. The van der Waals surface area contributed by atoms with Crippen molar-refractivity contribution < 1.29 is 14.3 Å². The summed E-state index contributed by atoms with van der Waals surface area (Å²) >= 11 is 0. The predicted molar refractivity (Wildman–Crippen MR) is 121 cm³/mol. The van der Waals surface area contributed by atoms with Crippen molar-refractivity contribution in [2.75, 3.05) is 11.9 Å². The monoisotopic (exact) mass is 414 g/mol. The molecule has 0 radical (unpaired) electrons. The van der Waals surface area contributed by atoms with Gasteiger partial charge in [0.25, 0.3) is 5.91 Å². The molecule has 0 spiro atoms. The van der Waals surface area contributed by atoms with Crippen molar-refractivity contribution in [1.82, 2.24) is 4.90 Å². The Morgan fingerprint density at radius 2 is 1.77 bits per heavy atom. The molecule has 0 bridgehead atoms. The zero-order valence-electron chi connectivity index (χ0n) is 17.8. The van der Waals surface area contributed by atoms with Gasteiger partial charge in [0, 0.05) is 18.7 Å². The van der Waals surface area contributed by atoms with Gasteiger partial charge in [-0.3, -0.25) is 9.59 Å². The molecule has 0 unspecified atom stereocenters. The van der Waals surface area contributed by atoms with E-state index in [2.05, 4.69) is 12.2 Å². The zero-order valence-corrected chi connectivity index (χ0v) is 17.8. The normalized spacial score (nSPS) is 14.0. The van der Waals surface area contributed by atoms with Crippen molar-refractivity contribution in [3.63, 3.8) is 0 Å². The summed E-state index contributed by atoms with van der Waals surface area (Å²) in [6, 6.07) is 22.2. The molecule has 31 heavy (non-hydrogen) atoms. The number of benzene rings is 3. The van der Waals surface area contributed by atoms with Crippen molar-refractivity contribution in [2.45, 2.75) is 32.7 Å². The number of hydrogen-bond acceptors (Lipinski definition) is 3. The van der Waals surface area contributed by atoms with E-state index in [1.807, 2.05) is 79.7 Å². The first-order valence-corrected chi connectivity index (χ1v) is 10.6. The number of carbonyl (C=O) groups is 2. The van der Waals surface area contributed by atoms with E-state index >= 15 is 0 Å². The van der Waals surface area contributed by atoms with Gasteiger partial charge in [-0.25, -0.2) is 0 Å². The molecule has 0 saturated carbocycles. The molecule has 1 aliphatic rings. The standard InChI is InChI=1S/C26H26N2O3/c1-3-19-10-7-9-18(2)24(19)27-26(30)25(28-16-15-23(28)29)20-11-8-14-22(17-20)31-21-12-5-4-6-13-21/h4-14,17,25H,3,15-16H2,1-2H3,(H,27,30)/t25-/m1/s1. The summed E-state index contributed by atoms with van der Waals surface area (Å²) in [5.74, 6) is 1.11. The van der Waals surface area contributed by atoms with Crippen LogP contribution in [0.1, 0.15) is 36.1 Å². The van der Waals surface area contributed by atoms with Crippen molar-refractivity contribution in [1.29, 1.82) is 0 Å². The first kappa shape index (κ1) is 20.7. The fourth-order valence-corrected chi connectivity index (χ4v) is 3.84. The number of nitrogens with one attached hydrogen (secondary N) is 1. The van der Waals surface area contributed by atoms with Gasteiger partial charge in [0.05, 0.1) is 0 Å². The fraction of sp³-hybridized carbons (Fsp3) is 0.231. The van der Waals surface area contributed by atoms with Gasteiger partial charge >= 0.3 is 0 Å². The van der Waals surface area contributed by atoms with Crippen LogP contribution in [0.15, 0.2) is 72.8 Å². The van der Waals surface area contributed by atoms with Crippen LogP contribution in [0, 0.1) is 6.92 Å². The van der Waals surface area contributed by atoms with Gasteiger partial charge in [0.15, 0.2) is 0 Å². The lowest BCUT2D eigenvalue weighted by molar-refractivity contribution is -0.147. The highest BCUT2D eigenvalue weighted by atomic mass is 16.5.